The summed E-state index contributed by atoms with van der Waals surface area (Å²) < 4.78 is 0. The Balaban J connectivity index is 2.22. The van der Waals surface area contributed by atoms with Crippen LogP contribution in [-0.2, 0) is 0 Å². The quantitative estimate of drug-likeness (QED) is 0.470. The molecule has 1 aliphatic rings. The first-order valence-electron chi connectivity index (χ1n) is 4.19. The number of nitrogens with one attached hydrogen (secondary N) is 1. The lowest BCUT2D eigenvalue weighted by Crippen LogP contribution is -2.18. The number of nitrogens with two attached hydrogens (primary N) is 1. The lowest BCUT2D eigenvalue weighted by atomic mass is 9.91. The van der Waals surface area contributed by atoms with Crippen molar-refractivity contribution in [1.29, 1.82) is 5.41 Å². The van der Waals surface area contributed by atoms with E-state index in [0.717, 1.165) is 5.92 Å². The molecular formula is C8H16N2S. The van der Waals surface area contributed by atoms with Gasteiger partial charge in [0.05, 0.1) is 0 Å². The van der Waals surface area contributed by atoms with Crippen LogP contribution in [0.4, 0.5) is 0 Å². The van der Waals surface area contributed by atoms with Crippen molar-refractivity contribution in [3.8, 4) is 0 Å². The highest BCUT2D eigenvalue weighted by Gasteiger charge is 2.18. The maximum Gasteiger partial charge on any atom is 0.151 e. The Morgan fingerprint density at radius 3 is 2.36 bits per heavy atom. The van der Waals surface area contributed by atoms with E-state index in [2.05, 4.69) is 6.92 Å². The minimum absolute atomic E-state index is 0.282. The van der Waals surface area contributed by atoms with Crippen molar-refractivity contribution in [3.63, 3.8) is 0 Å². The Hall–Kier alpha value is -0.180. The average molecular weight is 172 g/mol. The van der Waals surface area contributed by atoms with Crippen LogP contribution in [0.5, 0.6) is 0 Å². The molecule has 0 aromatic carbocycles. The second kappa shape index (κ2) is 4.00. The molecule has 1 fully saturated rings. The molecule has 0 amide bonds. The van der Waals surface area contributed by atoms with Gasteiger partial charge in [0, 0.05) is 5.25 Å². The summed E-state index contributed by atoms with van der Waals surface area (Å²) in [6, 6.07) is 0. The fourth-order valence-corrected chi connectivity index (χ4v) is 2.39. The summed E-state index contributed by atoms with van der Waals surface area (Å²) in [5.74, 6) is 0.888. The van der Waals surface area contributed by atoms with Crippen LogP contribution in [-0.4, -0.2) is 10.4 Å². The van der Waals surface area contributed by atoms with Crippen molar-refractivity contribution in [3.05, 3.63) is 0 Å². The topological polar surface area (TPSA) is 49.9 Å². The third-order valence-corrected chi connectivity index (χ3v) is 3.32. The summed E-state index contributed by atoms with van der Waals surface area (Å²) in [6.07, 6.45) is 5.10. The van der Waals surface area contributed by atoms with Gasteiger partial charge in [-0.15, -0.1) is 0 Å². The van der Waals surface area contributed by atoms with Gasteiger partial charge in [-0.1, -0.05) is 18.7 Å². The zero-order valence-electron chi connectivity index (χ0n) is 6.97. The van der Waals surface area contributed by atoms with Gasteiger partial charge in [0.25, 0.3) is 0 Å². The van der Waals surface area contributed by atoms with Crippen molar-refractivity contribution in [1.82, 2.24) is 0 Å². The van der Waals surface area contributed by atoms with Gasteiger partial charge in [-0.2, -0.15) is 0 Å². The fourth-order valence-electron chi connectivity index (χ4n) is 1.53. The van der Waals surface area contributed by atoms with Gasteiger partial charge >= 0.3 is 0 Å². The molecule has 2 nitrogen and oxygen atoms in total. The van der Waals surface area contributed by atoms with Crippen LogP contribution in [0.1, 0.15) is 32.6 Å². The number of thioether (sulfide) groups is 1. The lowest BCUT2D eigenvalue weighted by molar-refractivity contribution is 0.394. The Kier molecular flexibility index (Phi) is 3.24. The second-order valence-electron chi connectivity index (χ2n) is 3.36. The SMILES string of the molecule is CC1CCC(SC(=N)N)CC1. The smallest absolute Gasteiger partial charge is 0.151 e. The first-order valence-corrected chi connectivity index (χ1v) is 5.07. The van der Waals surface area contributed by atoms with E-state index >= 15 is 0 Å². The normalized spacial score (nSPS) is 31.7. The number of amidine groups is 1. The molecule has 0 aromatic rings. The molecule has 11 heavy (non-hydrogen) atoms. The summed E-state index contributed by atoms with van der Waals surface area (Å²) in [5, 5.41) is 8.03. The van der Waals surface area contributed by atoms with E-state index in [0.29, 0.717) is 5.25 Å². The van der Waals surface area contributed by atoms with Gasteiger partial charge in [0.1, 0.15) is 0 Å². The first kappa shape index (κ1) is 8.91. The van der Waals surface area contributed by atoms with E-state index in [-0.39, 0.29) is 5.17 Å². The molecule has 0 radical (unpaired) electrons. The standard InChI is InChI=1S/C8H16N2S/c1-6-2-4-7(5-3-6)11-8(9)10/h6-7H,2-5H2,1H3,(H3,9,10). The van der Waals surface area contributed by atoms with E-state index in [1.807, 2.05) is 0 Å². The molecule has 0 atom stereocenters. The van der Waals surface area contributed by atoms with Crippen LogP contribution < -0.4 is 5.73 Å². The average Bonchev–Trinajstić information content (AvgIpc) is 1.93. The third-order valence-electron chi connectivity index (χ3n) is 2.26. The number of hydrogen-bond acceptors (Lipinski definition) is 2. The van der Waals surface area contributed by atoms with Crippen LogP contribution in [0.25, 0.3) is 0 Å². The Bertz CT molecular complexity index is 139. The third kappa shape index (κ3) is 3.14. The van der Waals surface area contributed by atoms with E-state index in [4.69, 9.17) is 11.1 Å². The zero-order chi connectivity index (χ0) is 8.27. The molecular weight excluding hydrogens is 156 g/mol. The summed E-state index contributed by atoms with van der Waals surface area (Å²) in [4.78, 5) is 0. The van der Waals surface area contributed by atoms with E-state index in [1.54, 1.807) is 0 Å². The highest BCUT2D eigenvalue weighted by molar-refractivity contribution is 8.14. The van der Waals surface area contributed by atoms with Gasteiger partial charge in [0.2, 0.25) is 0 Å². The molecule has 3 N–H and O–H groups in total. The van der Waals surface area contributed by atoms with Crippen molar-refractivity contribution in [2.75, 3.05) is 0 Å². The van der Waals surface area contributed by atoms with E-state index < -0.39 is 0 Å². The van der Waals surface area contributed by atoms with Crippen molar-refractivity contribution in [2.24, 2.45) is 11.7 Å². The van der Waals surface area contributed by atoms with Gasteiger partial charge in [0.15, 0.2) is 5.17 Å². The summed E-state index contributed by atoms with van der Waals surface area (Å²) in [6.45, 7) is 2.30. The predicted octanol–water partition coefficient (Wildman–Crippen LogP) is 2.19. The predicted molar refractivity (Wildman–Crippen MR) is 50.9 cm³/mol. The van der Waals surface area contributed by atoms with Crippen LogP contribution >= 0.6 is 11.8 Å². The second-order valence-corrected chi connectivity index (χ2v) is 4.71. The Morgan fingerprint density at radius 1 is 1.36 bits per heavy atom. The Morgan fingerprint density at radius 2 is 1.91 bits per heavy atom. The van der Waals surface area contributed by atoms with Crippen molar-refractivity contribution < 1.29 is 0 Å². The van der Waals surface area contributed by atoms with Gasteiger partial charge in [-0.25, -0.2) is 0 Å². The Labute approximate surface area is 72.4 Å². The van der Waals surface area contributed by atoms with Crippen LogP contribution in [0, 0.1) is 11.3 Å². The number of hydrogen-bond donors (Lipinski definition) is 2. The minimum Gasteiger partial charge on any atom is -0.379 e. The van der Waals surface area contributed by atoms with E-state index in [9.17, 15) is 0 Å². The number of rotatable bonds is 1. The molecule has 3 heteroatoms. The summed E-state index contributed by atoms with van der Waals surface area (Å²) >= 11 is 1.54. The maximum atomic E-state index is 7.12. The molecule has 0 aromatic heterocycles. The molecule has 0 aliphatic heterocycles. The van der Waals surface area contributed by atoms with Gasteiger partial charge in [-0.05, 0) is 31.6 Å². The lowest BCUT2D eigenvalue weighted by Gasteiger charge is -2.24. The highest BCUT2D eigenvalue weighted by Crippen LogP contribution is 2.30. The van der Waals surface area contributed by atoms with Crippen molar-refractivity contribution >= 4 is 16.9 Å². The van der Waals surface area contributed by atoms with Crippen LogP contribution in [0.2, 0.25) is 0 Å². The molecule has 0 unspecified atom stereocenters. The molecule has 0 spiro atoms. The van der Waals surface area contributed by atoms with E-state index in [1.165, 1.54) is 37.4 Å². The molecule has 1 aliphatic carbocycles. The van der Waals surface area contributed by atoms with Gasteiger partial charge in [-0.3, -0.25) is 5.41 Å². The first-order chi connectivity index (χ1) is 5.18. The molecule has 1 rings (SSSR count). The fraction of sp³-hybridized carbons (Fsp3) is 0.875. The highest BCUT2D eigenvalue weighted by atomic mass is 32.2. The largest absolute Gasteiger partial charge is 0.379 e. The molecule has 0 saturated heterocycles. The van der Waals surface area contributed by atoms with Crippen molar-refractivity contribution in [2.45, 2.75) is 37.9 Å². The summed E-state index contributed by atoms with van der Waals surface area (Å²) in [5.41, 5.74) is 5.30. The zero-order valence-corrected chi connectivity index (χ0v) is 7.79. The monoisotopic (exact) mass is 172 g/mol. The van der Waals surface area contributed by atoms with Gasteiger partial charge < -0.3 is 5.73 Å². The molecule has 0 heterocycles. The molecule has 0 bridgehead atoms. The minimum atomic E-state index is 0.282. The summed E-state index contributed by atoms with van der Waals surface area (Å²) in [7, 11) is 0. The molecule has 64 valence electrons. The van der Waals surface area contributed by atoms with Crippen LogP contribution in [0.3, 0.4) is 0 Å². The maximum absolute atomic E-state index is 7.12. The molecule has 1 saturated carbocycles. The van der Waals surface area contributed by atoms with Crippen LogP contribution in [0.15, 0.2) is 0 Å².